The van der Waals surface area contributed by atoms with Crippen molar-refractivity contribution in [3.8, 4) is 0 Å². The van der Waals surface area contributed by atoms with Gasteiger partial charge in [0.2, 0.25) is 0 Å². The molecule has 0 saturated heterocycles. The van der Waals surface area contributed by atoms with Gasteiger partial charge in [0.15, 0.2) is 5.11 Å². The van der Waals surface area contributed by atoms with Gasteiger partial charge in [0.05, 0.1) is 5.56 Å². The quantitative estimate of drug-likeness (QED) is 0.504. The Hall–Kier alpha value is -1.73. The van der Waals surface area contributed by atoms with E-state index in [-0.39, 0.29) is 10.2 Å². The van der Waals surface area contributed by atoms with Crippen molar-refractivity contribution in [2.24, 2.45) is 0 Å². The number of alkyl halides is 3. The number of hydrogen-bond acceptors (Lipinski definition) is 2. The maximum atomic E-state index is 12.7. The van der Waals surface area contributed by atoms with Crippen LogP contribution >= 0.6 is 24.0 Å². The average molecular weight is 425 g/mol. The van der Waals surface area contributed by atoms with Gasteiger partial charge in [0.25, 0.3) is 0 Å². The van der Waals surface area contributed by atoms with E-state index in [9.17, 15) is 13.2 Å². The van der Waals surface area contributed by atoms with Crippen molar-refractivity contribution in [1.82, 2.24) is 0 Å². The van der Waals surface area contributed by atoms with Gasteiger partial charge in [-0.25, -0.2) is 0 Å². The van der Waals surface area contributed by atoms with Gasteiger partial charge in [-0.05, 0) is 72.1 Å². The molecule has 0 fully saturated rings. The van der Waals surface area contributed by atoms with Crippen LogP contribution in [0.15, 0.2) is 47.4 Å². The van der Waals surface area contributed by atoms with Gasteiger partial charge < -0.3 is 10.6 Å². The fourth-order valence-corrected chi connectivity index (χ4v) is 5.60. The van der Waals surface area contributed by atoms with Crippen LogP contribution in [-0.4, -0.2) is 9.86 Å². The Kier molecular flexibility index (Phi) is 5.44. The third-order valence-corrected chi connectivity index (χ3v) is 6.17. The molecule has 2 nitrogen and oxygen atoms in total. The Balaban J connectivity index is 1.72. The summed E-state index contributed by atoms with van der Waals surface area (Å²) in [7, 11) is 0. The molecule has 3 rings (SSSR count). The lowest BCUT2D eigenvalue weighted by Gasteiger charge is -2.41. The van der Waals surface area contributed by atoms with Crippen LogP contribution in [0.4, 0.5) is 24.5 Å². The summed E-state index contributed by atoms with van der Waals surface area (Å²) >= 11 is 7.20. The first kappa shape index (κ1) is 21.0. The molecule has 28 heavy (non-hydrogen) atoms. The highest BCUT2D eigenvalue weighted by atomic mass is 32.2. The number of hydrogen-bond donors (Lipinski definition) is 2. The van der Waals surface area contributed by atoms with Gasteiger partial charge in [0.1, 0.15) is 0 Å². The summed E-state index contributed by atoms with van der Waals surface area (Å²) in [5.74, 6) is 0. The van der Waals surface area contributed by atoms with E-state index in [1.165, 1.54) is 22.6 Å². The standard InChI is InChI=1S/C21H23F3N2S2/c1-19(2)12-20(3,4)28-17-10-9-15(11-16(17)19)26-18(27)25-14-7-5-13(6-8-14)21(22,23)24/h5-11H,12H2,1-4H3,(H2,25,26,27). The Morgan fingerprint density at radius 1 is 0.964 bits per heavy atom. The molecule has 150 valence electrons. The molecule has 1 aliphatic rings. The van der Waals surface area contributed by atoms with Crippen LogP contribution in [0.2, 0.25) is 0 Å². The SMILES string of the molecule is CC1(C)CC(C)(C)c2cc(NC(=S)Nc3ccc(C(F)(F)F)cc3)ccc2S1. The molecule has 2 aromatic rings. The highest BCUT2D eigenvalue weighted by Crippen LogP contribution is 2.51. The van der Waals surface area contributed by atoms with E-state index in [0.29, 0.717) is 10.8 Å². The second-order valence-corrected chi connectivity index (χ2v) is 10.4. The summed E-state index contributed by atoms with van der Waals surface area (Å²) in [6, 6.07) is 11.0. The van der Waals surface area contributed by atoms with Crippen LogP contribution in [0.1, 0.15) is 45.2 Å². The van der Waals surface area contributed by atoms with Crippen molar-refractivity contribution in [1.29, 1.82) is 0 Å². The van der Waals surface area contributed by atoms with Crippen LogP contribution in [0.5, 0.6) is 0 Å². The highest BCUT2D eigenvalue weighted by Gasteiger charge is 2.38. The first-order valence-electron chi connectivity index (χ1n) is 8.95. The minimum absolute atomic E-state index is 0.0459. The van der Waals surface area contributed by atoms with E-state index in [1.54, 1.807) is 0 Å². The van der Waals surface area contributed by atoms with E-state index in [2.05, 4.69) is 50.5 Å². The molecule has 0 atom stereocenters. The number of fused-ring (bicyclic) bond motifs is 1. The van der Waals surface area contributed by atoms with E-state index >= 15 is 0 Å². The number of halogens is 3. The van der Waals surface area contributed by atoms with Crippen LogP contribution in [0.25, 0.3) is 0 Å². The lowest BCUT2D eigenvalue weighted by atomic mass is 9.77. The number of thioether (sulfide) groups is 1. The molecular formula is C21H23F3N2S2. The predicted octanol–water partition coefficient (Wildman–Crippen LogP) is 7.07. The Labute approximate surface area is 173 Å². The summed E-state index contributed by atoms with van der Waals surface area (Å²) in [5, 5.41) is 6.40. The molecule has 0 spiro atoms. The molecule has 0 unspecified atom stereocenters. The van der Waals surface area contributed by atoms with Crippen LogP contribution < -0.4 is 10.6 Å². The van der Waals surface area contributed by atoms with Crippen molar-refractivity contribution in [3.63, 3.8) is 0 Å². The Morgan fingerprint density at radius 3 is 2.14 bits per heavy atom. The zero-order valence-electron chi connectivity index (χ0n) is 16.2. The van der Waals surface area contributed by atoms with Crippen molar-refractivity contribution in [2.75, 3.05) is 10.6 Å². The van der Waals surface area contributed by atoms with Crippen molar-refractivity contribution in [3.05, 3.63) is 53.6 Å². The maximum absolute atomic E-state index is 12.7. The van der Waals surface area contributed by atoms with E-state index in [1.807, 2.05) is 17.8 Å². The molecular weight excluding hydrogens is 401 g/mol. The third kappa shape index (κ3) is 4.81. The van der Waals surface area contributed by atoms with Crippen molar-refractivity contribution in [2.45, 2.75) is 55.3 Å². The zero-order chi connectivity index (χ0) is 20.7. The fourth-order valence-electron chi connectivity index (χ4n) is 3.75. The first-order valence-corrected chi connectivity index (χ1v) is 10.2. The van der Waals surface area contributed by atoms with Crippen LogP contribution in [0.3, 0.4) is 0 Å². The van der Waals surface area contributed by atoms with Crippen LogP contribution in [0, 0.1) is 0 Å². The molecule has 0 aliphatic carbocycles. The van der Waals surface area contributed by atoms with Crippen molar-refractivity contribution >= 4 is 40.5 Å². The topological polar surface area (TPSA) is 24.1 Å². The minimum Gasteiger partial charge on any atom is -0.332 e. The molecule has 7 heteroatoms. The van der Waals surface area contributed by atoms with E-state index in [4.69, 9.17) is 12.2 Å². The molecule has 0 saturated carbocycles. The Morgan fingerprint density at radius 2 is 1.54 bits per heavy atom. The van der Waals surface area contributed by atoms with Gasteiger partial charge in [-0.2, -0.15) is 13.2 Å². The van der Waals surface area contributed by atoms with Gasteiger partial charge in [-0.1, -0.05) is 27.7 Å². The molecule has 1 heterocycles. The number of benzene rings is 2. The molecule has 1 aliphatic heterocycles. The average Bonchev–Trinajstić information content (AvgIpc) is 2.53. The van der Waals surface area contributed by atoms with Crippen molar-refractivity contribution < 1.29 is 13.2 Å². The summed E-state index contributed by atoms with van der Waals surface area (Å²) in [4.78, 5) is 1.27. The highest BCUT2D eigenvalue weighted by molar-refractivity contribution is 8.00. The van der Waals surface area contributed by atoms with E-state index in [0.717, 1.165) is 24.2 Å². The van der Waals surface area contributed by atoms with Gasteiger partial charge in [0, 0.05) is 21.0 Å². The predicted molar refractivity (Wildman–Crippen MR) is 115 cm³/mol. The van der Waals surface area contributed by atoms with Gasteiger partial charge in [-0.3, -0.25) is 0 Å². The lowest BCUT2D eigenvalue weighted by molar-refractivity contribution is -0.137. The molecule has 0 bridgehead atoms. The summed E-state index contributed by atoms with van der Waals surface area (Å²) in [6.45, 7) is 9.01. The first-order chi connectivity index (χ1) is 12.9. The van der Waals surface area contributed by atoms with Crippen LogP contribution in [-0.2, 0) is 11.6 Å². The minimum atomic E-state index is -4.35. The summed E-state index contributed by atoms with van der Waals surface area (Å²) < 4.78 is 38.2. The number of rotatable bonds is 2. The smallest absolute Gasteiger partial charge is 0.332 e. The second kappa shape index (κ2) is 7.26. The van der Waals surface area contributed by atoms with Gasteiger partial charge in [-0.15, -0.1) is 11.8 Å². The molecule has 2 aromatic carbocycles. The summed E-state index contributed by atoms with van der Waals surface area (Å²) in [5.41, 5.74) is 2.00. The summed E-state index contributed by atoms with van der Waals surface area (Å²) in [6.07, 6.45) is -3.28. The third-order valence-electron chi connectivity index (χ3n) is 4.69. The van der Waals surface area contributed by atoms with E-state index < -0.39 is 11.7 Å². The molecule has 0 aromatic heterocycles. The number of anilines is 2. The maximum Gasteiger partial charge on any atom is 0.416 e. The fraction of sp³-hybridized carbons (Fsp3) is 0.381. The lowest BCUT2D eigenvalue weighted by Crippen LogP contribution is -2.33. The zero-order valence-corrected chi connectivity index (χ0v) is 17.8. The molecule has 0 radical (unpaired) electrons. The normalized spacial score (nSPS) is 17.5. The molecule has 0 amide bonds. The molecule has 2 N–H and O–H groups in total. The number of nitrogens with one attached hydrogen (secondary N) is 2. The second-order valence-electron chi connectivity index (χ2n) is 8.29. The number of thiocarbonyl (C=S) groups is 1. The Bertz CT molecular complexity index is 888. The largest absolute Gasteiger partial charge is 0.416 e. The monoisotopic (exact) mass is 424 g/mol. The van der Waals surface area contributed by atoms with Gasteiger partial charge >= 0.3 is 6.18 Å².